The molecule has 0 spiro atoms. The predicted molar refractivity (Wildman–Crippen MR) is 142 cm³/mol. The first-order valence-electron chi connectivity index (χ1n) is 10.9. The number of hydrogen-bond acceptors (Lipinski definition) is 6. The van der Waals surface area contributed by atoms with E-state index in [9.17, 15) is 9.59 Å². The van der Waals surface area contributed by atoms with Crippen molar-refractivity contribution >= 4 is 58.3 Å². The van der Waals surface area contributed by atoms with Gasteiger partial charge < -0.3 is 18.9 Å². The van der Waals surface area contributed by atoms with E-state index in [-0.39, 0.29) is 24.7 Å². The molecule has 10 heteroatoms. The minimum Gasteiger partial charge on any atom is -0.462 e. The average Bonchev–Trinajstić information content (AvgIpc) is 2.79. The maximum absolute atomic E-state index is 13.0. The standard InChI is InChI=1S/C26H26Cl4O6/c1-7-33-25(31)19(23(29)35-17-9-13(3)21(27)14(4)10-17)20(26(32)34-8-2)24(30)36-18-11-15(5)22(28)16(6)12-18/h9-12H,7-8H2,1-6H3/b23-19-,24-20+. The first-order chi connectivity index (χ1) is 16.9. The molecule has 2 aromatic carbocycles. The molecular formula is C26H26Cl4O6. The fraction of sp³-hybridized carbons (Fsp3) is 0.308. The molecule has 0 saturated heterocycles. The van der Waals surface area contributed by atoms with E-state index in [1.807, 2.05) is 0 Å². The van der Waals surface area contributed by atoms with E-state index < -0.39 is 33.5 Å². The van der Waals surface area contributed by atoms with Gasteiger partial charge in [0, 0.05) is 10.0 Å². The molecule has 0 aliphatic carbocycles. The number of aryl methyl sites for hydroxylation is 4. The molecule has 0 heterocycles. The number of benzene rings is 2. The van der Waals surface area contributed by atoms with Crippen LogP contribution in [0.15, 0.2) is 45.8 Å². The van der Waals surface area contributed by atoms with Crippen LogP contribution >= 0.6 is 46.4 Å². The van der Waals surface area contributed by atoms with Crippen molar-refractivity contribution in [3.63, 3.8) is 0 Å². The summed E-state index contributed by atoms with van der Waals surface area (Å²) in [5.74, 6) is -1.35. The highest BCUT2D eigenvalue weighted by molar-refractivity contribution is 6.35. The van der Waals surface area contributed by atoms with Crippen LogP contribution in [0.4, 0.5) is 0 Å². The SMILES string of the molecule is CCOC(=O)C(=C(\Cl)Oc1cc(C)c(Cl)c(C)c1)/C(C(=O)OCC)=C(\Cl)Oc1cc(C)c(Cl)c(C)c1. The van der Waals surface area contributed by atoms with Gasteiger partial charge in [-0.3, -0.25) is 0 Å². The van der Waals surface area contributed by atoms with Gasteiger partial charge in [-0.25, -0.2) is 9.59 Å². The van der Waals surface area contributed by atoms with E-state index in [1.54, 1.807) is 65.8 Å². The summed E-state index contributed by atoms with van der Waals surface area (Å²) in [7, 11) is 0. The number of hydrogen-bond donors (Lipinski definition) is 0. The summed E-state index contributed by atoms with van der Waals surface area (Å²) in [4.78, 5) is 26.0. The maximum atomic E-state index is 13.0. The highest BCUT2D eigenvalue weighted by Gasteiger charge is 2.32. The highest BCUT2D eigenvalue weighted by atomic mass is 35.5. The van der Waals surface area contributed by atoms with E-state index in [2.05, 4.69) is 0 Å². The van der Waals surface area contributed by atoms with Gasteiger partial charge in [-0.05, 0) is 111 Å². The molecule has 2 rings (SSSR count). The van der Waals surface area contributed by atoms with Crippen molar-refractivity contribution in [3.05, 3.63) is 78.1 Å². The van der Waals surface area contributed by atoms with Crippen LogP contribution in [0, 0.1) is 27.7 Å². The lowest BCUT2D eigenvalue weighted by Crippen LogP contribution is -2.21. The molecule has 2 aromatic rings. The second-order valence-corrected chi connectivity index (χ2v) is 9.13. The Labute approximate surface area is 230 Å². The van der Waals surface area contributed by atoms with Gasteiger partial charge in [0.15, 0.2) is 0 Å². The van der Waals surface area contributed by atoms with Crippen molar-refractivity contribution in [1.29, 1.82) is 0 Å². The van der Waals surface area contributed by atoms with Gasteiger partial charge in [-0.15, -0.1) is 0 Å². The molecule has 0 aliphatic heterocycles. The van der Waals surface area contributed by atoms with Gasteiger partial charge in [0.25, 0.3) is 0 Å². The predicted octanol–water partition coefficient (Wildman–Crippen LogP) is 7.71. The molecule has 0 aliphatic rings. The number of halogens is 4. The van der Waals surface area contributed by atoms with Gasteiger partial charge in [0.2, 0.25) is 10.4 Å². The van der Waals surface area contributed by atoms with E-state index in [4.69, 9.17) is 65.4 Å². The Kier molecular flexibility index (Phi) is 11.0. The van der Waals surface area contributed by atoms with Crippen LogP contribution in [0.5, 0.6) is 11.5 Å². The van der Waals surface area contributed by atoms with Crippen LogP contribution in [0.2, 0.25) is 10.0 Å². The first-order valence-corrected chi connectivity index (χ1v) is 12.5. The third kappa shape index (κ3) is 7.32. The monoisotopic (exact) mass is 574 g/mol. The van der Waals surface area contributed by atoms with Gasteiger partial charge in [-0.2, -0.15) is 0 Å². The zero-order valence-corrected chi connectivity index (χ0v) is 23.7. The molecule has 36 heavy (non-hydrogen) atoms. The first kappa shape index (κ1) is 29.8. The summed E-state index contributed by atoms with van der Waals surface area (Å²) in [5.41, 5.74) is 1.98. The summed E-state index contributed by atoms with van der Waals surface area (Å²) >= 11 is 25.4. The Balaban J connectivity index is 2.71. The van der Waals surface area contributed by atoms with E-state index in [0.717, 1.165) is 22.3 Å². The molecule has 0 aromatic heterocycles. The molecule has 0 bridgehead atoms. The molecule has 6 nitrogen and oxygen atoms in total. The van der Waals surface area contributed by atoms with Gasteiger partial charge in [0.1, 0.15) is 22.6 Å². The summed E-state index contributed by atoms with van der Waals surface area (Å²) < 4.78 is 21.7. The van der Waals surface area contributed by atoms with Crippen molar-refractivity contribution < 1.29 is 28.5 Å². The van der Waals surface area contributed by atoms with Crippen molar-refractivity contribution in [2.45, 2.75) is 41.5 Å². The summed E-state index contributed by atoms with van der Waals surface area (Å²) in [6.07, 6.45) is 0. The van der Waals surface area contributed by atoms with Crippen molar-refractivity contribution in [1.82, 2.24) is 0 Å². The van der Waals surface area contributed by atoms with Crippen molar-refractivity contribution in [2.75, 3.05) is 13.2 Å². The average molecular weight is 576 g/mol. The number of ether oxygens (including phenoxy) is 4. The van der Waals surface area contributed by atoms with E-state index in [1.165, 1.54) is 0 Å². The molecule has 0 amide bonds. The van der Waals surface area contributed by atoms with Crippen LogP contribution in [-0.4, -0.2) is 25.2 Å². The Morgan fingerprint density at radius 2 is 0.917 bits per heavy atom. The largest absolute Gasteiger partial charge is 0.462 e. The molecule has 0 radical (unpaired) electrons. The Morgan fingerprint density at radius 3 is 1.17 bits per heavy atom. The zero-order valence-electron chi connectivity index (χ0n) is 20.7. The highest BCUT2D eigenvalue weighted by Crippen LogP contribution is 2.33. The van der Waals surface area contributed by atoms with E-state index in [0.29, 0.717) is 10.0 Å². The smallest absolute Gasteiger partial charge is 0.343 e. The van der Waals surface area contributed by atoms with Crippen LogP contribution in [-0.2, 0) is 19.1 Å². The molecule has 0 atom stereocenters. The molecule has 0 N–H and O–H groups in total. The summed E-state index contributed by atoms with van der Waals surface area (Å²) in [6, 6.07) is 6.52. The number of esters is 2. The summed E-state index contributed by atoms with van der Waals surface area (Å²) in [5, 5.41) is 0.182. The number of carbonyl (C=O) groups is 2. The second kappa shape index (κ2) is 13.2. The Bertz CT molecular complexity index is 1090. The Morgan fingerprint density at radius 1 is 0.639 bits per heavy atom. The zero-order chi connectivity index (χ0) is 27.2. The van der Waals surface area contributed by atoms with E-state index >= 15 is 0 Å². The Hall–Kier alpha value is -2.38. The van der Waals surface area contributed by atoms with Gasteiger partial charge >= 0.3 is 11.9 Å². The molecule has 0 unspecified atom stereocenters. The molecule has 0 fully saturated rings. The minimum atomic E-state index is -0.960. The number of rotatable bonds is 9. The van der Waals surface area contributed by atoms with Crippen LogP contribution in [0.3, 0.4) is 0 Å². The van der Waals surface area contributed by atoms with Crippen LogP contribution in [0.25, 0.3) is 0 Å². The lowest BCUT2D eigenvalue weighted by molar-refractivity contribution is -0.142. The molecular weight excluding hydrogens is 550 g/mol. The van der Waals surface area contributed by atoms with Crippen LogP contribution < -0.4 is 9.47 Å². The third-order valence-electron chi connectivity index (χ3n) is 4.84. The third-order valence-corrected chi connectivity index (χ3v) is 6.56. The normalized spacial score (nSPS) is 12.4. The fourth-order valence-corrected chi connectivity index (χ4v) is 3.95. The summed E-state index contributed by atoms with van der Waals surface area (Å²) in [6.45, 7) is 10.3. The molecule has 0 saturated carbocycles. The topological polar surface area (TPSA) is 71.1 Å². The lowest BCUT2D eigenvalue weighted by atomic mass is 10.1. The lowest BCUT2D eigenvalue weighted by Gasteiger charge is -2.16. The maximum Gasteiger partial charge on any atom is 0.343 e. The minimum absolute atomic E-state index is 0.00415. The quantitative estimate of drug-likeness (QED) is 0.132. The number of carbonyl (C=O) groups excluding carboxylic acids is 2. The van der Waals surface area contributed by atoms with Gasteiger partial charge in [-0.1, -0.05) is 23.2 Å². The van der Waals surface area contributed by atoms with Gasteiger partial charge in [0.05, 0.1) is 13.2 Å². The second-order valence-electron chi connectivity index (χ2n) is 7.68. The van der Waals surface area contributed by atoms with Crippen molar-refractivity contribution in [3.8, 4) is 11.5 Å². The fourth-order valence-electron chi connectivity index (χ4n) is 3.21. The van der Waals surface area contributed by atoms with Crippen LogP contribution in [0.1, 0.15) is 36.1 Å². The van der Waals surface area contributed by atoms with Crippen molar-refractivity contribution in [2.24, 2.45) is 0 Å². The molecule has 194 valence electrons.